The van der Waals surface area contributed by atoms with E-state index < -0.39 is 0 Å². The van der Waals surface area contributed by atoms with Crippen LogP contribution in [0, 0.1) is 23.6 Å². The van der Waals surface area contributed by atoms with E-state index in [1.54, 1.807) is 12.1 Å². The van der Waals surface area contributed by atoms with Gasteiger partial charge in [0.2, 0.25) is 0 Å². The molecular weight excluding hydrogens is 263 g/mol. The van der Waals surface area contributed by atoms with Gasteiger partial charge in [-0.3, -0.25) is 11.3 Å². The predicted octanol–water partition coefficient (Wildman–Crippen LogP) is 3.81. The Bertz CT molecular complexity index is 465. The fraction of sp³-hybridized carbons (Fsp3) is 0.600. The van der Waals surface area contributed by atoms with Gasteiger partial charge in [0, 0.05) is 6.04 Å². The molecule has 0 saturated heterocycles. The summed E-state index contributed by atoms with van der Waals surface area (Å²) in [5.74, 6) is 7.87. The number of rotatable bonds is 4. The topological polar surface area (TPSA) is 38.0 Å². The zero-order valence-electron chi connectivity index (χ0n) is 10.9. The van der Waals surface area contributed by atoms with Crippen LogP contribution in [0.3, 0.4) is 0 Å². The second-order valence-electron chi connectivity index (χ2n) is 6.06. The summed E-state index contributed by atoms with van der Waals surface area (Å²) in [5.41, 5.74) is 3.85. The van der Waals surface area contributed by atoms with Crippen molar-refractivity contribution in [1.29, 1.82) is 0 Å². The van der Waals surface area contributed by atoms with Crippen LogP contribution >= 0.6 is 11.6 Å². The molecule has 2 aliphatic carbocycles. The lowest BCUT2D eigenvalue weighted by Crippen LogP contribution is -2.30. The lowest BCUT2D eigenvalue weighted by Gasteiger charge is -2.26. The van der Waals surface area contributed by atoms with Crippen molar-refractivity contribution in [2.24, 2.45) is 23.6 Å². The van der Waals surface area contributed by atoms with Gasteiger partial charge in [0.15, 0.2) is 0 Å². The maximum absolute atomic E-state index is 13.2. The largest absolute Gasteiger partial charge is 0.271 e. The number of nitrogens with two attached hydrogens (primary N) is 1. The minimum absolute atomic E-state index is 0.0717. The molecule has 2 aliphatic rings. The minimum Gasteiger partial charge on any atom is -0.271 e. The van der Waals surface area contributed by atoms with Crippen LogP contribution in [0.1, 0.15) is 43.7 Å². The van der Waals surface area contributed by atoms with Gasteiger partial charge in [-0.2, -0.15) is 0 Å². The molecule has 2 nitrogen and oxygen atoms in total. The summed E-state index contributed by atoms with van der Waals surface area (Å²) in [6.45, 7) is 0. The zero-order valence-corrected chi connectivity index (χ0v) is 11.7. The number of halogens is 2. The van der Waals surface area contributed by atoms with Gasteiger partial charge in [0.1, 0.15) is 5.82 Å². The highest BCUT2D eigenvalue weighted by molar-refractivity contribution is 6.30. The molecule has 4 unspecified atom stereocenters. The van der Waals surface area contributed by atoms with Crippen molar-refractivity contribution >= 4 is 11.6 Å². The van der Waals surface area contributed by atoms with Crippen LogP contribution < -0.4 is 11.3 Å². The molecule has 3 N–H and O–H groups in total. The molecule has 2 fully saturated rings. The minimum atomic E-state index is -0.374. The lowest BCUT2D eigenvalue weighted by atomic mass is 9.83. The van der Waals surface area contributed by atoms with Gasteiger partial charge >= 0.3 is 0 Å². The average molecular weight is 283 g/mol. The van der Waals surface area contributed by atoms with E-state index in [1.165, 1.54) is 31.7 Å². The van der Waals surface area contributed by atoms with Gasteiger partial charge in [-0.1, -0.05) is 24.1 Å². The third kappa shape index (κ3) is 2.64. The van der Waals surface area contributed by atoms with E-state index in [4.69, 9.17) is 17.4 Å². The number of fused-ring (bicyclic) bond motifs is 2. The second-order valence-corrected chi connectivity index (χ2v) is 6.47. The first-order valence-electron chi connectivity index (χ1n) is 7.08. The SMILES string of the molecule is NNC(CC1CC2CCC1C2)c1ccc(F)c(Cl)c1. The van der Waals surface area contributed by atoms with Crippen LogP contribution in [0.25, 0.3) is 0 Å². The van der Waals surface area contributed by atoms with Crippen molar-refractivity contribution in [3.05, 3.63) is 34.6 Å². The van der Waals surface area contributed by atoms with Crippen LogP contribution in [0.5, 0.6) is 0 Å². The van der Waals surface area contributed by atoms with Gasteiger partial charge in [-0.05, 0) is 61.1 Å². The number of hydrazine groups is 1. The molecule has 0 heterocycles. The summed E-state index contributed by atoms with van der Waals surface area (Å²) >= 11 is 5.85. The Morgan fingerprint density at radius 1 is 1.37 bits per heavy atom. The average Bonchev–Trinajstić information content (AvgIpc) is 3.01. The molecular formula is C15H20ClFN2. The Morgan fingerprint density at radius 3 is 2.79 bits per heavy atom. The second kappa shape index (κ2) is 5.39. The third-order valence-corrected chi connectivity index (χ3v) is 5.26. The highest BCUT2D eigenvalue weighted by Gasteiger charge is 2.40. The van der Waals surface area contributed by atoms with Gasteiger partial charge < -0.3 is 0 Å². The Balaban J connectivity index is 1.71. The molecule has 2 bridgehead atoms. The van der Waals surface area contributed by atoms with Crippen LogP contribution in [-0.4, -0.2) is 0 Å². The van der Waals surface area contributed by atoms with Gasteiger partial charge in [-0.15, -0.1) is 0 Å². The van der Waals surface area contributed by atoms with E-state index in [9.17, 15) is 4.39 Å². The third-order valence-electron chi connectivity index (χ3n) is 4.97. The smallest absolute Gasteiger partial charge is 0.141 e. The van der Waals surface area contributed by atoms with Crippen LogP contribution in [-0.2, 0) is 0 Å². The predicted molar refractivity (Wildman–Crippen MR) is 75.0 cm³/mol. The molecule has 0 amide bonds. The number of benzene rings is 1. The van der Waals surface area contributed by atoms with Gasteiger partial charge in [-0.25, -0.2) is 4.39 Å². The highest BCUT2D eigenvalue weighted by atomic mass is 35.5. The quantitative estimate of drug-likeness (QED) is 0.651. The summed E-state index contributed by atoms with van der Waals surface area (Å²) < 4.78 is 13.2. The van der Waals surface area contributed by atoms with E-state index >= 15 is 0 Å². The van der Waals surface area contributed by atoms with Gasteiger partial charge in [0.05, 0.1) is 5.02 Å². The van der Waals surface area contributed by atoms with E-state index in [2.05, 4.69) is 5.43 Å². The summed E-state index contributed by atoms with van der Waals surface area (Å²) in [7, 11) is 0. The number of nitrogens with one attached hydrogen (secondary N) is 1. The Morgan fingerprint density at radius 2 is 2.21 bits per heavy atom. The Hall–Kier alpha value is -0.640. The van der Waals surface area contributed by atoms with Crippen molar-refractivity contribution in [3.63, 3.8) is 0 Å². The first-order chi connectivity index (χ1) is 9.17. The van der Waals surface area contributed by atoms with Crippen molar-refractivity contribution in [3.8, 4) is 0 Å². The van der Waals surface area contributed by atoms with E-state index in [0.29, 0.717) is 0 Å². The molecule has 0 aromatic heterocycles. The molecule has 1 aromatic carbocycles. The molecule has 0 aliphatic heterocycles. The normalized spacial score (nSPS) is 30.8. The van der Waals surface area contributed by atoms with E-state index in [0.717, 1.165) is 29.7 Å². The first kappa shape index (κ1) is 13.3. The molecule has 2 saturated carbocycles. The molecule has 0 radical (unpaired) electrons. The van der Waals surface area contributed by atoms with Crippen molar-refractivity contribution in [2.75, 3.05) is 0 Å². The van der Waals surface area contributed by atoms with Crippen molar-refractivity contribution < 1.29 is 4.39 Å². The van der Waals surface area contributed by atoms with E-state index in [-0.39, 0.29) is 16.9 Å². The van der Waals surface area contributed by atoms with Gasteiger partial charge in [0.25, 0.3) is 0 Å². The number of hydrogen-bond acceptors (Lipinski definition) is 2. The fourth-order valence-corrected chi connectivity index (χ4v) is 4.19. The fourth-order valence-electron chi connectivity index (χ4n) is 4.00. The maximum atomic E-state index is 13.2. The molecule has 4 heteroatoms. The Kier molecular flexibility index (Phi) is 3.79. The van der Waals surface area contributed by atoms with Crippen LogP contribution in [0.2, 0.25) is 5.02 Å². The highest BCUT2D eigenvalue weighted by Crippen LogP contribution is 2.50. The number of hydrogen-bond donors (Lipinski definition) is 2. The maximum Gasteiger partial charge on any atom is 0.141 e. The zero-order chi connectivity index (χ0) is 13.4. The van der Waals surface area contributed by atoms with Crippen LogP contribution in [0.4, 0.5) is 4.39 Å². The van der Waals surface area contributed by atoms with E-state index in [1.807, 2.05) is 0 Å². The molecule has 4 atom stereocenters. The van der Waals surface area contributed by atoms with Crippen molar-refractivity contribution in [1.82, 2.24) is 5.43 Å². The standard InChI is InChI=1S/C15H20ClFN2/c16-13-7-11(3-4-14(13)17)15(19-18)8-12-6-9-1-2-10(12)5-9/h3-4,7,9-10,12,15,19H,1-2,5-6,8,18H2. The molecule has 3 rings (SSSR count). The summed E-state index contributed by atoms with van der Waals surface area (Å²) in [4.78, 5) is 0. The molecule has 0 spiro atoms. The molecule has 1 aromatic rings. The summed E-state index contributed by atoms with van der Waals surface area (Å²) in [6.07, 6.45) is 6.53. The lowest BCUT2D eigenvalue weighted by molar-refractivity contribution is 0.280. The van der Waals surface area contributed by atoms with Crippen molar-refractivity contribution in [2.45, 2.75) is 38.1 Å². The molecule has 19 heavy (non-hydrogen) atoms. The summed E-state index contributed by atoms with van der Waals surface area (Å²) in [6, 6.07) is 4.96. The van der Waals surface area contributed by atoms with Crippen LogP contribution in [0.15, 0.2) is 18.2 Å². The Labute approximate surface area is 118 Å². The molecule has 104 valence electrons. The first-order valence-corrected chi connectivity index (χ1v) is 7.46. The summed E-state index contributed by atoms with van der Waals surface area (Å²) in [5, 5.41) is 0.172. The monoisotopic (exact) mass is 282 g/mol.